The Balaban J connectivity index is 2.28. The zero-order chi connectivity index (χ0) is 13.0. The third-order valence-corrected chi connectivity index (χ3v) is 3.46. The fourth-order valence-electron chi connectivity index (χ4n) is 2.06. The van der Waals surface area contributed by atoms with Crippen LogP contribution in [0.25, 0.3) is 0 Å². The number of aliphatic carboxylic acids is 1. The monoisotopic (exact) mass is 242 g/mol. The van der Waals surface area contributed by atoms with E-state index in [2.05, 4.69) is 0 Å². The van der Waals surface area contributed by atoms with Gasteiger partial charge in [0, 0.05) is 31.5 Å². The smallest absolute Gasteiger partial charge is 0.306 e. The van der Waals surface area contributed by atoms with Crippen molar-refractivity contribution >= 4 is 11.9 Å². The molecule has 5 nitrogen and oxygen atoms in total. The minimum Gasteiger partial charge on any atom is -0.481 e. The first-order valence-electron chi connectivity index (χ1n) is 6.21. The fourth-order valence-corrected chi connectivity index (χ4v) is 2.06. The molecule has 0 spiro atoms. The summed E-state index contributed by atoms with van der Waals surface area (Å²) in [5, 5.41) is 8.83. The number of hydrogen-bond donors (Lipinski definition) is 2. The molecule has 1 aliphatic rings. The summed E-state index contributed by atoms with van der Waals surface area (Å²) in [6.45, 7) is 4.85. The summed E-state index contributed by atoms with van der Waals surface area (Å²) in [6.07, 6.45) is 2.21. The zero-order valence-electron chi connectivity index (χ0n) is 10.6. The molecule has 0 radical (unpaired) electrons. The van der Waals surface area contributed by atoms with Crippen molar-refractivity contribution in [3.63, 3.8) is 0 Å². The summed E-state index contributed by atoms with van der Waals surface area (Å²) >= 11 is 0. The molecule has 2 unspecified atom stereocenters. The molecule has 0 aliphatic carbocycles. The van der Waals surface area contributed by atoms with E-state index in [-0.39, 0.29) is 23.8 Å². The van der Waals surface area contributed by atoms with Gasteiger partial charge in [0.25, 0.3) is 0 Å². The molecule has 2 atom stereocenters. The predicted molar refractivity (Wildman–Crippen MR) is 64.4 cm³/mol. The Labute approximate surface area is 102 Å². The summed E-state index contributed by atoms with van der Waals surface area (Å²) in [5.41, 5.74) is 5.80. The molecule has 1 aliphatic heterocycles. The lowest BCUT2D eigenvalue weighted by molar-refractivity contribution is -0.150. The summed E-state index contributed by atoms with van der Waals surface area (Å²) in [5.74, 6) is -1.01. The van der Waals surface area contributed by atoms with Gasteiger partial charge in [-0.3, -0.25) is 9.59 Å². The maximum absolute atomic E-state index is 11.7. The molecule has 17 heavy (non-hydrogen) atoms. The average molecular weight is 242 g/mol. The van der Waals surface area contributed by atoms with Crippen LogP contribution in [0.3, 0.4) is 0 Å². The number of carboxylic acid groups (broad SMARTS) is 1. The van der Waals surface area contributed by atoms with Crippen LogP contribution in [0.2, 0.25) is 0 Å². The summed E-state index contributed by atoms with van der Waals surface area (Å²) in [7, 11) is 0. The van der Waals surface area contributed by atoms with Gasteiger partial charge >= 0.3 is 5.97 Å². The van der Waals surface area contributed by atoms with Gasteiger partial charge in [-0.2, -0.15) is 0 Å². The second-order valence-corrected chi connectivity index (χ2v) is 4.94. The molecule has 1 rings (SSSR count). The Morgan fingerprint density at radius 2 is 2.06 bits per heavy atom. The standard InChI is InChI=1S/C12H22N2O3/c1-3-4-10(13)5-11(15)14-6-9(7-14)8(2)12(16)17/h8-10H,3-7,13H2,1-2H3,(H,16,17). The molecule has 98 valence electrons. The lowest BCUT2D eigenvalue weighted by Crippen LogP contribution is -2.54. The van der Waals surface area contributed by atoms with E-state index in [4.69, 9.17) is 10.8 Å². The molecule has 0 aromatic rings. The molecule has 1 heterocycles. The molecule has 0 aromatic heterocycles. The van der Waals surface area contributed by atoms with Crippen molar-refractivity contribution in [1.29, 1.82) is 0 Å². The van der Waals surface area contributed by atoms with Gasteiger partial charge in [0.1, 0.15) is 0 Å². The van der Waals surface area contributed by atoms with Crippen molar-refractivity contribution in [2.75, 3.05) is 13.1 Å². The number of carboxylic acids is 1. The highest BCUT2D eigenvalue weighted by Gasteiger charge is 2.37. The van der Waals surface area contributed by atoms with Gasteiger partial charge in [-0.25, -0.2) is 0 Å². The number of carbonyl (C=O) groups is 2. The third kappa shape index (κ3) is 3.70. The van der Waals surface area contributed by atoms with Gasteiger partial charge < -0.3 is 15.7 Å². The van der Waals surface area contributed by atoms with Crippen LogP contribution in [0.4, 0.5) is 0 Å². The first-order chi connectivity index (χ1) is 7.95. The second-order valence-electron chi connectivity index (χ2n) is 4.94. The van der Waals surface area contributed by atoms with Gasteiger partial charge in [0.05, 0.1) is 5.92 Å². The van der Waals surface area contributed by atoms with Gasteiger partial charge in [-0.1, -0.05) is 20.3 Å². The van der Waals surface area contributed by atoms with Gasteiger partial charge in [0.15, 0.2) is 0 Å². The van der Waals surface area contributed by atoms with Crippen molar-refractivity contribution in [2.45, 2.75) is 39.2 Å². The summed E-state index contributed by atoms with van der Waals surface area (Å²) in [4.78, 5) is 24.2. The molecule has 0 aromatic carbocycles. The Morgan fingerprint density at radius 1 is 1.47 bits per heavy atom. The fraction of sp³-hybridized carbons (Fsp3) is 0.833. The molecular formula is C12H22N2O3. The average Bonchev–Trinajstić information content (AvgIpc) is 2.14. The third-order valence-electron chi connectivity index (χ3n) is 3.46. The van der Waals surface area contributed by atoms with Crippen molar-refractivity contribution in [3.05, 3.63) is 0 Å². The highest BCUT2D eigenvalue weighted by molar-refractivity contribution is 5.78. The lowest BCUT2D eigenvalue weighted by Gasteiger charge is -2.41. The minimum atomic E-state index is -0.787. The van der Waals surface area contributed by atoms with Crippen LogP contribution in [-0.4, -0.2) is 41.0 Å². The van der Waals surface area contributed by atoms with E-state index in [0.717, 1.165) is 12.8 Å². The van der Waals surface area contributed by atoms with Crippen LogP contribution in [0.1, 0.15) is 33.1 Å². The van der Waals surface area contributed by atoms with E-state index in [1.807, 2.05) is 6.92 Å². The van der Waals surface area contributed by atoms with Gasteiger partial charge in [0.2, 0.25) is 5.91 Å². The second kappa shape index (κ2) is 6.00. The van der Waals surface area contributed by atoms with Crippen molar-refractivity contribution in [2.24, 2.45) is 17.6 Å². The van der Waals surface area contributed by atoms with Crippen molar-refractivity contribution in [3.8, 4) is 0 Å². The maximum Gasteiger partial charge on any atom is 0.306 e. The number of likely N-dealkylation sites (tertiary alicyclic amines) is 1. The summed E-state index contributed by atoms with van der Waals surface area (Å²) in [6, 6.07) is -0.0663. The Hall–Kier alpha value is -1.10. The molecular weight excluding hydrogens is 220 g/mol. The largest absolute Gasteiger partial charge is 0.481 e. The first-order valence-corrected chi connectivity index (χ1v) is 6.21. The first kappa shape index (κ1) is 14.0. The van der Waals surface area contributed by atoms with Crippen LogP contribution >= 0.6 is 0 Å². The molecule has 0 bridgehead atoms. The van der Waals surface area contributed by atoms with E-state index in [1.54, 1.807) is 11.8 Å². The molecule has 1 saturated heterocycles. The summed E-state index contributed by atoms with van der Waals surface area (Å²) < 4.78 is 0. The number of nitrogens with two attached hydrogens (primary N) is 1. The normalized spacial score (nSPS) is 19.6. The maximum atomic E-state index is 11.7. The number of nitrogens with zero attached hydrogens (tertiary/aromatic N) is 1. The Bertz CT molecular complexity index is 287. The topological polar surface area (TPSA) is 83.6 Å². The molecule has 0 saturated carbocycles. The quantitative estimate of drug-likeness (QED) is 0.717. The van der Waals surface area contributed by atoms with Crippen LogP contribution in [0.5, 0.6) is 0 Å². The highest BCUT2D eigenvalue weighted by atomic mass is 16.4. The van der Waals surface area contributed by atoms with Crippen LogP contribution in [0, 0.1) is 11.8 Å². The van der Waals surface area contributed by atoms with Crippen molar-refractivity contribution in [1.82, 2.24) is 4.90 Å². The molecule has 1 amide bonds. The van der Waals surface area contributed by atoms with E-state index in [9.17, 15) is 9.59 Å². The number of hydrogen-bond acceptors (Lipinski definition) is 3. The van der Waals surface area contributed by atoms with Crippen LogP contribution in [-0.2, 0) is 9.59 Å². The Morgan fingerprint density at radius 3 is 2.53 bits per heavy atom. The molecule has 3 N–H and O–H groups in total. The number of carbonyl (C=O) groups excluding carboxylic acids is 1. The van der Waals surface area contributed by atoms with E-state index in [1.165, 1.54) is 0 Å². The minimum absolute atomic E-state index is 0.0554. The Kier molecular flexibility index (Phi) is 4.93. The van der Waals surface area contributed by atoms with E-state index < -0.39 is 5.97 Å². The molecule has 5 heteroatoms. The zero-order valence-corrected chi connectivity index (χ0v) is 10.6. The van der Waals surface area contributed by atoms with Crippen molar-refractivity contribution < 1.29 is 14.7 Å². The van der Waals surface area contributed by atoms with E-state index >= 15 is 0 Å². The van der Waals surface area contributed by atoms with Crippen LogP contribution in [0.15, 0.2) is 0 Å². The lowest BCUT2D eigenvalue weighted by atomic mass is 9.86. The van der Waals surface area contributed by atoms with Gasteiger partial charge in [-0.05, 0) is 6.42 Å². The number of rotatable bonds is 6. The predicted octanol–water partition coefficient (Wildman–Crippen LogP) is 0.683. The van der Waals surface area contributed by atoms with Gasteiger partial charge in [-0.15, -0.1) is 0 Å². The SMILES string of the molecule is CCCC(N)CC(=O)N1CC(C(C)C(=O)O)C1. The molecule has 1 fully saturated rings. The number of amides is 1. The highest BCUT2D eigenvalue weighted by Crippen LogP contribution is 2.24. The van der Waals surface area contributed by atoms with E-state index in [0.29, 0.717) is 19.5 Å². The van der Waals surface area contributed by atoms with Crippen LogP contribution < -0.4 is 5.73 Å².